The molecule has 0 heterocycles. The molecule has 2 heteroatoms. The van der Waals surface area contributed by atoms with E-state index in [2.05, 4.69) is 0 Å². The maximum absolute atomic E-state index is 9.56. The molecule has 0 saturated carbocycles. The SMILES string of the molecule is Cc1cccc(-c2cc(C)c(O)c(O)c2)c1. The fourth-order valence-electron chi connectivity index (χ4n) is 1.75. The van der Waals surface area contributed by atoms with Crippen LogP contribution in [0.1, 0.15) is 11.1 Å². The Labute approximate surface area is 94.8 Å². The predicted octanol–water partition coefficient (Wildman–Crippen LogP) is 3.38. The highest BCUT2D eigenvalue weighted by molar-refractivity contribution is 5.69. The highest BCUT2D eigenvalue weighted by Gasteiger charge is 2.07. The predicted molar refractivity (Wildman–Crippen MR) is 64.7 cm³/mol. The molecule has 0 bridgehead atoms. The molecule has 0 spiro atoms. The zero-order valence-corrected chi connectivity index (χ0v) is 9.36. The Morgan fingerprint density at radius 3 is 2.25 bits per heavy atom. The molecular weight excluding hydrogens is 200 g/mol. The minimum atomic E-state index is -0.0727. The van der Waals surface area contributed by atoms with Crippen LogP contribution in [-0.4, -0.2) is 10.2 Å². The Morgan fingerprint density at radius 2 is 1.62 bits per heavy atom. The lowest BCUT2D eigenvalue weighted by molar-refractivity contribution is 0.401. The first-order chi connectivity index (χ1) is 7.58. The van der Waals surface area contributed by atoms with Crippen LogP contribution in [0, 0.1) is 13.8 Å². The number of aromatic hydroxyl groups is 2. The molecule has 82 valence electrons. The summed E-state index contributed by atoms with van der Waals surface area (Å²) in [5.74, 6) is -0.118. The lowest BCUT2D eigenvalue weighted by Crippen LogP contribution is -1.83. The molecule has 2 rings (SSSR count). The zero-order valence-electron chi connectivity index (χ0n) is 9.36. The summed E-state index contributed by atoms with van der Waals surface area (Å²) in [6.07, 6.45) is 0. The minimum absolute atomic E-state index is 0.0450. The van der Waals surface area contributed by atoms with Gasteiger partial charge in [-0.15, -0.1) is 0 Å². The van der Waals surface area contributed by atoms with Crippen LogP contribution in [0.5, 0.6) is 11.5 Å². The fraction of sp³-hybridized carbons (Fsp3) is 0.143. The number of benzene rings is 2. The van der Waals surface area contributed by atoms with Gasteiger partial charge in [-0.05, 0) is 42.7 Å². The number of hydrogen-bond donors (Lipinski definition) is 2. The number of hydrogen-bond acceptors (Lipinski definition) is 2. The molecule has 16 heavy (non-hydrogen) atoms. The van der Waals surface area contributed by atoms with Crippen LogP contribution in [0.3, 0.4) is 0 Å². The minimum Gasteiger partial charge on any atom is -0.504 e. The van der Waals surface area contributed by atoms with Gasteiger partial charge in [0.1, 0.15) is 0 Å². The van der Waals surface area contributed by atoms with Gasteiger partial charge in [-0.25, -0.2) is 0 Å². The van der Waals surface area contributed by atoms with Crippen LogP contribution in [-0.2, 0) is 0 Å². The summed E-state index contributed by atoms with van der Waals surface area (Å²) in [5.41, 5.74) is 3.80. The van der Waals surface area contributed by atoms with Gasteiger partial charge in [0.15, 0.2) is 11.5 Å². The summed E-state index contributed by atoms with van der Waals surface area (Å²) in [4.78, 5) is 0. The van der Waals surface area contributed by atoms with Crippen LogP contribution in [0.25, 0.3) is 11.1 Å². The number of rotatable bonds is 1. The largest absolute Gasteiger partial charge is 0.504 e. The molecule has 2 N–H and O–H groups in total. The highest BCUT2D eigenvalue weighted by Crippen LogP contribution is 2.34. The van der Waals surface area contributed by atoms with Gasteiger partial charge in [0.05, 0.1) is 0 Å². The Balaban J connectivity index is 2.57. The van der Waals surface area contributed by atoms with Gasteiger partial charge in [0, 0.05) is 0 Å². The van der Waals surface area contributed by atoms with E-state index in [0.29, 0.717) is 5.56 Å². The molecule has 0 radical (unpaired) electrons. The van der Waals surface area contributed by atoms with E-state index < -0.39 is 0 Å². The summed E-state index contributed by atoms with van der Waals surface area (Å²) in [6, 6.07) is 11.5. The summed E-state index contributed by atoms with van der Waals surface area (Å²) in [6.45, 7) is 3.80. The normalized spacial score (nSPS) is 10.4. The maximum atomic E-state index is 9.56. The van der Waals surface area contributed by atoms with Gasteiger partial charge < -0.3 is 10.2 Å². The van der Waals surface area contributed by atoms with E-state index in [9.17, 15) is 10.2 Å². The average molecular weight is 214 g/mol. The summed E-state index contributed by atoms with van der Waals surface area (Å²) < 4.78 is 0. The van der Waals surface area contributed by atoms with Gasteiger partial charge in [0.25, 0.3) is 0 Å². The van der Waals surface area contributed by atoms with Crippen molar-refractivity contribution in [1.29, 1.82) is 0 Å². The lowest BCUT2D eigenvalue weighted by Gasteiger charge is -2.07. The van der Waals surface area contributed by atoms with Crippen LogP contribution in [0.2, 0.25) is 0 Å². The molecular formula is C14H14O2. The van der Waals surface area contributed by atoms with E-state index >= 15 is 0 Å². The maximum Gasteiger partial charge on any atom is 0.160 e. The second kappa shape index (κ2) is 3.89. The van der Waals surface area contributed by atoms with Crippen molar-refractivity contribution in [3.05, 3.63) is 47.5 Å². The van der Waals surface area contributed by atoms with E-state index in [1.54, 1.807) is 13.0 Å². The Kier molecular flexibility index (Phi) is 2.57. The van der Waals surface area contributed by atoms with Crippen molar-refractivity contribution < 1.29 is 10.2 Å². The van der Waals surface area contributed by atoms with Crippen molar-refractivity contribution >= 4 is 0 Å². The molecule has 0 atom stereocenters. The number of phenols is 2. The Morgan fingerprint density at radius 1 is 0.875 bits per heavy atom. The van der Waals surface area contributed by atoms with E-state index in [0.717, 1.165) is 11.1 Å². The van der Waals surface area contributed by atoms with Crippen molar-refractivity contribution in [2.45, 2.75) is 13.8 Å². The molecule has 2 aromatic rings. The zero-order chi connectivity index (χ0) is 11.7. The standard InChI is InChI=1S/C14H14O2/c1-9-4-3-5-11(6-9)12-7-10(2)14(16)13(15)8-12/h3-8,15-16H,1-2H3. The van der Waals surface area contributed by atoms with Gasteiger partial charge >= 0.3 is 0 Å². The topological polar surface area (TPSA) is 40.5 Å². The van der Waals surface area contributed by atoms with Gasteiger partial charge in [-0.1, -0.05) is 29.8 Å². The molecule has 0 unspecified atom stereocenters. The summed E-state index contributed by atoms with van der Waals surface area (Å²) in [5, 5.41) is 19.0. The molecule has 2 aromatic carbocycles. The number of phenolic OH excluding ortho intramolecular Hbond substituents is 2. The quantitative estimate of drug-likeness (QED) is 0.714. The van der Waals surface area contributed by atoms with Crippen molar-refractivity contribution in [3.63, 3.8) is 0 Å². The Hall–Kier alpha value is -1.96. The third kappa shape index (κ3) is 1.87. The van der Waals surface area contributed by atoms with Gasteiger partial charge in [0.2, 0.25) is 0 Å². The van der Waals surface area contributed by atoms with Crippen LogP contribution in [0.4, 0.5) is 0 Å². The van der Waals surface area contributed by atoms with Crippen molar-refractivity contribution in [2.75, 3.05) is 0 Å². The van der Waals surface area contributed by atoms with E-state index in [4.69, 9.17) is 0 Å². The monoisotopic (exact) mass is 214 g/mol. The van der Waals surface area contributed by atoms with Gasteiger partial charge in [-0.2, -0.15) is 0 Å². The first-order valence-corrected chi connectivity index (χ1v) is 5.17. The molecule has 0 aromatic heterocycles. The molecule has 0 aliphatic carbocycles. The van der Waals surface area contributed by atoms with Crippen molar-refractivity contribution in [3.8, 4) is 22.6 Å². The third-order valence-corrected chi connectivity index (χ3v) is 2.63. The molecule has 0 amide bonds. The fourth-order valence-corrected chi connectivity index (χ4v) is 1.75. The third-order valence-electron chi connectivity index (χ3n) is 2.63. The Bertz CT molecular complexity index is 507. The van der Waals surface area contributed by atoms with Gasteiger partial charge in [-0.3, -0.25) is 0 Å². The van der Waals surface area contributed by atoms with E-state index in [1.807, 2.05) is 37.3 Å². The highest BCUT2D eigenvalue weighted by atomic mass is 16.3. The van der Waals surface area contributed by atoms with Crippen LogP contribution in [0.15, 0.2) is 36.4 Å². The molecule has 2 nitrogen and oxygen atoms in total. The molecule has 0 fully saturated rings. The lowest BCUT2D eigenvalue weighted by atomic mass is 10.0. The second-order valence-corrected chi connectivity index (χ2v) is 4.03. The summed E-state index contributed by atoms with van der Waals surface area (Å²) >= 11 is 0. The molecule has 0 aliphatic rings. The van der Waals surface area contributed by atoms with E-state index in [-0.39, 0.29) is 11.5 Å². The van der Waals surface area contributed by atoms with Crippen LogP contribution < -0.4 is 0 Å². The number of aryl methyl sites for hydroxylation is 2. The van der Waals surface area contributed by atoms with Crippen molar-refractivity contribution in [1.82, 2.24) is 0 Å². The second-order valence-electron chi connectivity index (χ2n) is 4.03. The molecule has 0 saturated heterocycles. The van der Waals surface area contributed by atoms with Crippen molar-refractivity contribution in [2.24, 2.45) is 0 Å². The average Bonchev–Trinajstić information content (AvgIpc) is 2.25. The summed E-state index contributed by atoms with van der Waals surface area (Å²) in [7, 11) is 0. The van der Waals surface area contributed by atoms with E-state index in [1.165, 1.54) is 5.56 Å². The smallest absolute Gasteiger partial charge is 0.160 e. The van der Waals surface area contributed by atoms with Crippen LogP contribution >= 0.6 is 0 Å². The molecule has 0 aliphatic heterocycles. The first-order valence-electron chi connectivity index (χ1n) is 5.17. The first kappa shape index (κ1) is 10.6.